The first-order valence-electron chi connectivity index (χ1n) is 6.05. The number of carboxylic acids is 1. The van der Waals surface area contributed by atoms with Gasteiger partial charge in [0.05, 0.1) is 6.10 Å². The molecule has 19 heavy (non-hydrogen) atoms. The first-order valence-corrected chi connectivity index (χ1v) is 6.05. The second-order valence-electron chi connectivity index (χ2n) is 4.61. The van der Waals surface area contributed by atoms with Gasteiger partial charge in [-0.3, -0.25) is 4.79 Å². The maximum absolute atomic E-state index is 11.3. The van der Waals surface area contributed by atoms with E-state index < -0.39 is 12.0 Å². The number of benzene rings is 1. The number of ether oxygens (including phenoxy) is 1. The molecule has 0 aliphatic rings. The molecule has 0 aliphatic carbocycles. The fraction of sp³-hybridized carbons (Fsp3) is 0.429. The van der Waals surface area contributed by atoms with E-state index in [1.54, 1.807) is 24.3 Å². The summed E-state index contributed by atoms with van der Waals surface area (Å²) >= 11 is 0. The monoisotopic (exact) mass is 265 g/mol. The molecule has 1 rings (SSSR count). The van der Waals surface area contributed by atoms with Crippen molar-refractivity contribution in [1.82, 2.24) is 4.90 Å². The average molecular weight is 265 g/mol. The van der Waals surface area contributed by atoms with E-state index >= 15 is 0 Å². The van der Waals surface area contributed by atoms with Crippen LogP contribution in [0.4, 0.5) is 0 Å². The Balaban J connectivity index is 2.98. The molecule has 1 aromatic rings. The normalized spacial score (nSPS) is 12.1. The van der Waals surface area contributed by atoms with E-state index in [0.29, 0.717) is 11.3 Å². The minimum absolute atomic E-state index is 0.0565. The van der Waals surface area contributed by atoms with Gasteiger partial charge in [-0.25, -0.2) is 4.79 Å². The number of hydrogen-bond donors (Lipinski definition) is 1. The maximum Gasteiger partial charge on any atom is 0.331 e. The van der Waals surface area contributed by atoms with Gasteiger partial charge in [0.25, 0.3) is 0 Å². The van der Waals surface area contributed by atoms with Gasteiger partial charge in [-0.05, 0) is 31.5 Å². The third-order valence-electron chi connectivity index (χ3n) is 2.69. The molecule has 0 heterocycles. The fourth-order valence-corrected chi connectivity index (χ4v) is 1.71. The SMILES string of the molecule is CC(=O)N(C)C(C(=O)O)c1ccc(OC(C)C)cc1. The highest BCUT2D eigenvalue weighted by Crippen LogP contribution is 2.23. The molecule has 1 atom stereocenters. The summed E-state index contributed by atoms with van der Waals surface area (Å²) in [7, 11) is 1.47. The Hall–Kier alpha value is -2.04. The summed E-state index contributed by atoms with van der Waals surface area (Å²) in [4.78, 5) is 23.8. The van der Waals surface area contributed by atoms with Crippen LogP contribution in [0.2, 0.25) is 0 Å². The molecular weight excluding hydrogens is 246 g/mol. The largest absolute Gasteiger partial charge is 0.491 e. The number of likely N-dealkylation sites (N-methyl/N-ethyl adjacent to an activating group) is 1. The number of hydrogen-bond acceptors (Lipinski definition) is 3. The van der Waals surface area contributed by atoms with Crippen molar-refractivity contribution in [2.75, 3.05) is 7.05 Å². The summed E-state index contributed by atoms with van der Waals surface area (Å²) < 4.78 is 5.49. The van der Waals surface area contributed by atoms with Crippen LogP contribution in [0, 0.1) is 0 Å². The molecular formula is C14H19NO4. The molecule has 0 saturated heterocycles. The molecule has 0 aromatic heterocycles. The molecule has 104 valence electrons. The number of carbonyl (C=O) groups is 2. The second kappa shape index (κ2) is 6.22. The highest BCUT2D eigenvalue weighted by molar-refractivity contribution is 5.83. The lowest BCUT2D eigenvalue weighted by Crippen LogP contribution is -2.34. The van der Waals surface area contributed by atoms with Crippen molar-refractivity contribution < 1.29 is 19.4 Å². The standard InChI is InChI=1S/C14H19NO4/c1-9(2)19-12-7-5-11(6-8-12)13(14(17)18)15(4)10(3)16/h5-9,13H,1-4H3,(H,17,18). The average Bonchev–Trinajstić information content (AvgIpc) is 2.30. The first-order chi connectivity index (χ1) is 8.82. The van der Waals surface area contributed by atoms with Gasteiger partial charge in [-0.15, -0.1) is 0 Å². The second-order valence-corrected chi connectivity index (χ2v) is 4.61. The van der Waals surface area contributed by atoms with Crippen molar-refractivity contribution in [3.63, 3.8) is 0 Å². The number of carbonyl (C=O) groups excluding carboxylic acids is 1. The van der Waals surface area contributed by atoms with E-state index in [-0.39, 0.29) is 12.0 Å². The highest BCUT2D eigenvalue weighted by atomic mass is 16.5. The van der Waals surface area contributed by atoms with Crippen LogP contribution in [-0.4, -0.2) is 35.0 Å². The number of nitrogens with zero attached hydrogens (tertiary/aromatic N) is 1. The number of aliphatic carboxylic acids is 1. The molecule has 1 aromatic carbocycles. The topological polar surface area (TPSA) is 66.8 Å². The van der Waals surface area contributed by atoms with Gasteiger partial charge in [0, 0.05) is 14.0 Å². The smallest absolute Gasteiger partial charge is 0.331 e. The zero-order valence-electron chi connectivity index (χ0n) is 11.6. The molecule has 0 spiro atoms. The summed E-state index contributed by atoms with van der Waals surface area (Å²) in [5, 5.41) is 9.24. The molecule has 0 saturated carbocycles. The molecule has 1 amide bonds. The minimum atomic E-state index is -1.06. The van der Waals surface area contributed by atoms with Crippen LogP contribution >= 0.6 is 0 Å². The summed E-state index contributed by atoms with van der Waals surface area (Å²) in [5.41, 5.74) is 0.543. The molecule has 5 heteroatoms. The summed E-state index contributed by atoms with van der Waals surface area (Å²) in [6, 6.07) is 5.76. The van der Waals surface area contributed by atoms with Crippen molar-refractivity contribution in [2.45, 2.75) is 32.9 Å². The summed E-state index contributed by atoms with van der Waals surface area (Å²) in [5.74, 6) is -0.682. The van der Waals surface area contributed by atoms with E-state index in [2.05, 4.69) is 0 Å². The maximum atomic E-state index is 11.3. The zero-order valence-corrected chi connectivity index (χ0v) is 11.6. The first kappa shape index (κ1) is 15.0. The van der Waals surface area contributed by atoms with Crippen LogP contribution in [-0.2, 0) is 9.59 Å². The lowest BCUT2D eigenvalue weighted by Gasteiger charge is -2.24. The minimum Gasteiger partial charge on any atom is -0.491 e. The Bertz CT molecular complexity index is 453. The molecule has 1 N–H and O–H groups in total. The van der Waals surface area contributed by atoms with Gasteiger partial charge in [-0.1, -0.05) is 12.1 Å². The Morgan fingerprint density at radius 1 is 1.21 bits per heavy atom. The van der Waals surface area contributed by atoms with Gasteiger partial charge in [-0.2, -0.15) is 0 Å². The van der Waals surface area contributed by atoms with Crippen molar-refractivity contribution >= 4 is 11.9 Å². The number of amides is 1. The van der Waals surface area contributed by atoms with Crippen LogP contribution in [0.15, 0.2) is 24.3 Å². The van der Waals surface area contributed by atoms with Gasteiger partial charge in [0.2, 0.25) is 5.91 Å². The Labute approximate surface area is 112 Å². The van der Waals surface area contributed by atoms with Crippen LogP contribution in [0.5, 0.6) is 5.75 Å². The van der Waals surface area contributed by atoms with E-state index in [1.165, 1.54) is 18.9 Å². The molecule has 0 fully saturated rings. The number of carboxylic acid groups (broad SMARTS) is 1. The Morgan fingerprint density at radius 3 is 2.11 bits per heavy atom. The third kappa shape index (κ3) is 3.98. The van der Waals surface area contributed by atoms with Gasteiger partial charge >= 0.3 is 5.97 Å². The van der Waals surface area contributed by atoms with Gasteiger partial charge in [0.1, 0.15) is 5.75 Å². The quantitative estimate of drug-likeness (QED) is 0.885. The van der Waals surface area contributed by atoms with Crippen LogP contribution in [0.3, 0.4) is 0 Å². The molecule has 0 aliphatic heterocycles. The van der Waals surface area contributed by atoms with Crippen LogP contribution in [0.25, 0.3) is 0 Å². The van der Waals surface area contributed by atoms with E-state index in [1.807, 2.05) is 13.8 Å². The van der Waals surface area contributed by atoms with Crippen molar-refractivity contribution in [3.05, 3.63) is 29.8 Å². The van der Waals surface area contributed by atoms with Crippen molar-refractivity contribution in [3.8, 4) is 5.75 Å². The predicted octanol–water partition coefficient (Wildman–Crippen LogP) is 2.08. The van der Waals surface area contributed by atoms with E-state index in [0.717, 1.165) is 0 Å². The van der Waals surface area contributed by atoms with E-state index in [9.17, 15) is 14.7 Å². The van der Waals surface area contributed by atoms with Gasteiger partial charge in [0.15, 0.2) is 6.04 Å². The molecule has 0 radical (unpaired) electrons. The fourth-order valence-electron chi connectivity index (χ4n) is 1.71. The zero-order chi connectivity index (χ0) is 14.6. The van der Waals surface area contributed by atoms with Gasteiger partial charge < -0.3 is 14.7 Å². The lowest BCUT2D eigenvalue weighted by molar-refractivity contribution is -0.148. The molecule has 1 unspecified atom stereocenters. The van der Waals surface area contributed by atoms with Crippen LogP contribution in [0.1, 0.15) is 32.4 Å². The van der Waals surface area contributed by atoms with Crippen LogP contribution < -0.4 is 4.74 Å². The predicted molar refractivity (Wildman–Crippen MR) is 71.0 cm³/mol. The molecule has 5 nitrogen and oxygen atoms in total. The Kier molecular flexibility index (Phi) is 4.92. The third-order valence-corrected chi connectivity index (χ3v) is 2.69. The summed E-state index contributed by atoms with van der Waals surface area (Å²) in [6.45, 7) is 5.17. The number of rotatable bonds is 5. The van der Waals surface area contributed by atoms with Crippen molar-refractivity contribution in [1.29, 1.82) is 0 Å². The van der Waals surface area contributed by atoms with Crippen molar-refractivity contribution in [2.24, 2.45) is 0 Å². The van der Waals surface area contributed by atoms with E-state index in [4.69, 9.17) is 4.74 Å². The summed E-state index contributed by atoms with van der Waals surface area (Å²) in [6.07, 6.45) is 0.0565. The molecule has 0 bridgehead atoms. The Morgan fingerprint density at radius 2 is 1.74 bits per heavy atom. The highest BCUT2D eigenvalue weighted by Gasteiger charge is 2.26. The lowest BCUT2D eigenvalue weighted by atomic mass is 10.1.